The predicted octanol–water partition coefficient (Wildman–Crippen LogP) is 3.08. The molecule has 2 rings (SSSR count). The van der Waals surface area contributed by atoms with Crippen molar-refractivity contribution in [2.45, 2.75) is 45.3 Å². The van der Waals surface area contributed by atoms with Crippen molar-refractivity contribution in [1.82, 2.24) is 10.2 Å². The lowest BCUT2D eigenvalue weighted by Crippen LogP contribution is -2.47. The number of likely N-dealkylation sites (tertiary alicyclic amines) is 1. The summed E-state index contributed by atoms with van der Waals surface area (Å²) in [7, 11) is 3.40. The molecule has 0 spiro atoms. The van der Waals surface area contributed by atoms with Crippen LogP contribution in [0.5, 0.6) is 5.75 Å². The van der Waals surface area contributed by atoms with Gasteiger partial charge in [0.25, 0.3) is 0 Å². The third-order valence-electron chi connectivity index (χ3n) is 5.06. The number of piperidine rings is 1. The van der Waals surface area contributed by atoms with E-state index in [-0.39, 0.29) is 0 Å². The lowest BCUT2D eigenvalue weighted by molar-refractivity contribution is 0.00990. The monoisotopic (exact) mass is 421 g/mol. The first-order valence-corrected chi connectivity index (χ1v) is 11.1. The van der Waals surface area contributed by atoms with Crippen molar-refractivity contribution in [3.63, 3.8) is 0 Å². The van der Waals surface area contributed by atoms with Crippen molar-refractivity contribution in [2.75, 3.05) is 60.2 Å². The van der Waals surface area contributed by atoms with Crippen LogP contribution in [0.3, 0.4) is 0 Å². The first-order valence-electron chi connectivity index (χ1n) is 11.1. The van der Waals surface area contributed by atoms with Gasteiger partial charge in [-0.15, -0.1) is 0 Å². The van der Waals surface area contributed by atoms with Crippen molar-refractivity contribution in [2.24, 2.45) is 4.99 Å². The Labute approximate surface area is 181 Å². The molecule has 7 nitrogen and oxygen atoms in total. The molecule has 170 valence electrons. The zero-order valence-electron chi connectivity index (χ0n) is 18.9. The number of ether oxygens (including phenoxy) is 4. The number of hydrogen-bond acceptors (Lipinski definition) is 5. The van der Waals surface area contributed by atoms with E-state index < -0.39 is 0 Å². The van der Waals surface area contributed by atoms with Crippen LogP contribution < -0.4 is 10.1 Å². The van der Waals surface area contributed by atoms with E-state index in [9.17, 15) is 0 Å². The van der Waals surface area contributed by atoms with E-state index >= 15 is 0 Å². The van der Waals surface area contributed by atoms with Crippen LogP contribution >= 0.6 is 0 Å². The number of aliphatic imine (C=N–C) groups is 1. The van der Waals surface area contributed by atoms with Gasteiger partial charge in [-0.25, -0.2) is 0 Å². The van der Waals surface area contributed by atoms with Gasteiger partial charge in [-0.05, 0) is 50.3 Å². The summed E-state index contributed by atoms with van der Waals surface area (Å²) < 4.78 is 22.0. The summed E-state index contributed by atoms with van der Waals surface area (Å²) in [5.74, 6) is 1.87. The topological polar surface area (TPSA) is 64.6 Å². The molecule has 0 aliphatic carbocycles. The van der Waals surface area contributed by atoms with Crippen LogP contribution in [0.1, 0.15) is 38.2 Å². The number of benzene rings is 1. The van der Waals surface area contributed by atoms with Crippen LogP contribution in [0.4, 0.5) is 0 Å². The Kier molecular flexibility index (Phi) is 12.3. The van der Waals surface area contributed by atoms with Crippen LogP contribution in [0.25, 0.3) is 0 Å². The summed E-state index contributed by atoms with van der Waals surface area (Å²) in [6.07, 6.45) is 4.31. The van der Waals surface area contributed by atoms with Crippen molar-refractivity contribution in [1.29, 1.82) is 0 Å². The van der Waals surface area contributed by atoms with Crippen molar-refractivity contribution in [3.05, 3.63) is 29.8 Å². The van der Waals surface area contributed by atoms with Gasteiger partial charge < -0.3 is 29.2 Å². The molecular weight excluding hydrogens is 382 g/mol. The highest BCUT2D eigenvalue weighted by molar-refractivity contribution is 5.80. The van der Waals surface area contributed by atoms with Gasteiger partial charge in [0.1, 0.15) is 5.75 Å². The number of nitrogens with zero attached hydrogens (tertiary/aromatic N) is 2. The Bertz CT molecular complexity index is 587. The molecule has 1 aromatic rings. The van der Waals surface area contributed by atoms with Gasteiger partial charge in [0.15, 0.2) is 5.96 Å². The number of methoxy groups -OCH3 is 2. The summed E-state index contributed by atoms with van der Waals surface area (Å²) in [5, 5.41) is 3.42. The van der Waals surface area contributed by atoms with Crippen molar-refractivity contribution < 1.29 is 18.9 Å². The average molecular weight is 422 g/mol. The van der Waals surface area contributed by atoms with Gasteiger partial charge >= 0.3 is 0 Å². The van der Waals surface area contributed by atoms with Gasteiger partial charge in [0.05, 0.1) is 19.8 Å². The van der Waals surface area contributed by atoms with Gasteiger partial charge in [-0.3, -0.25) is 4.99 Å². The predicted molar refractivity (Wildman–Crippen MR) is 120 cm³/mol. The lowest BCUT2D eigenvalue weighted by Gasteiger charge is -2.34. The quantitative estimate of drug-likeness (QED) is 0.300. The molecule has 1 aliphatic rings. The Morgan fingerprint density at radius 3 is 2.50 bits per heavy atom. The van der Waals surface area contributed by atoms with Crippen LogP contribution in [0.15, 0.2) is 29.3 Å². The molecule has 1 aliphatic heterocycles. The van der Waals surface area contributed by atoms with E-state index in [0.717, 1.165) is 82.3 Å². The second kappa shape index (κ2) is 15.0. The van der Waals surface area contributed by atoms with Crippen LogP contribution in [-0.4, -0.2) is 77.2 Å². The summed E-state index contributed by atoms with van der Waals surface area (Å²) in [6.45, 7) is 8.57. The third kappa shape index (κ3) is 9.32. The van der Waals surface area contributed by atoms with Crippen LogP contribution in [-0.2, 0) is 20.8 Å². The maximum atomic E-state index is 5.96. The molecular formula is C23H39N3O4. The third-order valence-corrected chi connectivity index (χ3v) is 5.06. The Morgan fingerprint density at radius 2 is 1.83 bits per heavy atom. The molecule has 0 amide bonds. The summed E-state index contributed by atoms with van der Waals surface area (Å²) in [4.78, 5) is 7.14. The second-order valence-corrected chi connectivity index (χ2v) is 7.39. The molecule has 0 atom stereocenters. The smallest absolute Gasteiger partial charge is 0.193 e. The number of hydrogen-bond donors (Lipinski definition) is 1. The minimum atomic E-state index is 0.354. The maximum Gasteiger partial charge on any atom is 0.193 e. The second-order valence-electron chi connectivity index (χ2n) is 7.39. The van der Waals surface area contributed by atoms with E-state index in [2.05, 4.69) is 17.1 Å². The molecule has 0 bridgehead atoms. The summed E-state index contributed by atoms with van der Waals surface area (Å²) >= 11 is 0. The standard InChI is InChI=1S/C23H39N3O4/c1-4-24-23(26-14-11-22(12-15-26)30-18-6-16-27-2)25-13-5-17-29-19-20-7-9-21(28-3)10-8-20/h7-10,22H,4-6,11-19H2,1-3H3,(H,24,25). The lowest BCUT2D eigenvalue weighted by atomic mass is 10.1. The highest BCUT2D eigenvalue weighted by Gasteiger charge is 2.21. The number of guanidine groups is 1. The van der Waals surface area contributed by atoms with Crippen molar-refractivity contribution in [3.8, 4) is 5.75 Å². The first kappa shape index (κ1) is 24.4. The maximum absolute atomic E-state index is 5.96. The zero-order valence-corrected chi connectivity index (χ0v) is 18.9. The van der Waals surface area contributed by atoms with E-state index in [1.165, 1.54) is 0 Å². The normalized spacial score (nSPS) is 15.4. The van der Waals surface area contributed by atoms with Gasteiger partial charge in [0.2, 0.25) is 0 Å². The Hall–Kier alpha value is -1.83. The fraction of sp³-hybridized carbons (Fsp3) is 0.696. The van der Waals surface area contributed by atoms with Gasteiger partial charge in [-0.2, -0.15) is 0 Å². The molecule has 1 heterocycles. The van der Waals surface area contributed by atoms with E-state index in [4.69, 9.17) is 23.9 Å². The highest BCUT2D eigenvalue weighted by atomic mass is 16.5. The molecule has 1 saturated heterocycles. The SMILES string of the molecule is CCNC(=NCCCOCc1ccc(OC)cc1)N1CCC(OCCCOC)CC1. The Balaban J connectivity index is 1.64. The Morgan fingerprint density at radius 1 is 1.07 bits per heavy atom. The molecule has 0 aromatic heterocycles. The van der Waals surface area contributed by atoms with E-state index in [1.54, 1.807) is 14.2 Å². The minimum Gasteiger partial charge on any atom is -0.497 e. The molecule has 30 heavy (non-hydrogen) atoms. The van der Waals surface area contributed by atoms with Gasteiger partial charge in [0, 0.05) is 53.1 Å². The molecule has 0 saturated carbocycles. The van der Waals surface area contributed by atoms with Crippen LogP contribution in [0.2, 0.25) is 0 Å². The van der Waals surface area contributed by atoms with E-state index in [0.29, 0.717) is 19.3 Å². The highest BCUT2D eigenvalue weighted by Crippen LogP contribution is 2.14. The van der Waals surface area contributed by atoms with E-state index in [1.807, 2.05) is 24.3 Å². The molecule has 0 radical (unpaired) electrons. The molecule has 1 N–H and O–H groups in total. The molecule has 0 unspecified atom stereocenters. The number of nitrogens with one attached hydrogen (secondary N) is 1. The van der Waals surface area contributed by atoms with Crippen molar-refractivity contribution >= 4 is 5.96 Å². The fourth-order valence-corrected chi connectivity index (χ4v) is 3.38. The fourth-order valence-electron chi connectivity index (χ4n) is 3.38. The van der Waals surface area contributed by atoms with Gasteiger partial charge in [-0.1, -0.05) is 12.1 Å². The first-order chi connectivity index (χ1) is 14.8. The minimum absolute atomic E-state index is 0.354. The molecule has 1 fully saturated rings. The number of rotatable bonds is 13. The summed E-state index contributed by atoms with van der Waals surface area (Å²) in [6, 6.07) is 7.98. The zero-order chi connectivity index (χ0) is 21.4. The molecule has 7 heteroatoms. The largest absolute Gasteiger partial charge is 0.497 e. The summed E-state index contributed by atoms with van der Waals surface area (Å²) in [5.41, 5.74) is 1.15. The van der Waals surface area contributed by atoms with Crippen LogP contribution in [0, 0.1) is 0 Å². The molecule has 1 aromatic carbocycles. The average Bonchev–Trinajstić information content (AvgIpc) is 2.79.